The average molecular weight is 798 g/mol. The monoisotopic (exact) mass is 800 g/mol. The van der Waals surface area contributed by atoms with Crippen LogP contribution in [-0.2, 0) is 5.41 Å². The molecule has 11 aromatic rings. The van der Waals surface area contributed by atoms with E-state index in [2.05, 4.69) is 115 Å². The van der Waals surface area contributed by atoms with Gasteiger partial charge in [-0.05, 0) is 144 Å². The van der Waals surface area contributed by atoms with Crippen molar-refractivity contribution in [2.75, 3.05) is 0 Å². The molecule has 1 aliphatic rings. The number of rotatable bonds is 5. The molecule has 66 heavy (non-hydrogen) atoms. The summed E-state index contributed by atoms with van der Waals surface area (Å²) in [5.41, 5.74) is 2.90. The minimum atomic E-state index is -2.38. The van der Waals surface area contributed by atoms with Crippen LogP contribution in [0.3, 0.4) is 0 Å². The highest BCUT2D eigenvalue weighted by molar-refractivity contribution is 6.70. The maximum absolute atomic E-state index is 7.50. The van der Waals surface area contributed by atoms with Crippen molar-refractivity contribution < 1.29 is 0 Å². The van der Waals surface area contributed by atoms with Crippen LogP contribution < -0.4 is 38.2 Å². The first-order chi connectivity index (χ1) is 31.4. The quantitative estimate of drug-likeness (QED) is 0.185. The summed E-state index contributed by atoms with van der Waals surface area (Å²) in [5.74, 6) is 0. The summed E-state index contributed by atoms with van der Waals surface area (Å²) in [6.45, 7) is 0. The molecule has 0 heterocycles. The van der Waals surface area contributed by atoms with Gasteiger partial charge in [0.1, 0.15) is 54.9 Å². The highest BCUT2D eigenvalue weighted by Gasteiger charge is 2.57. The summed E-state index contributed by atoms with van der Waals surface area (Å²) in [7, 11) is 89.2. The first-order valence-corrected chi connectivity index (χ1v) is 21.4. The zero-order valence-corrected chi connectivity index (χ0v) is 35.6. The number of hydrogen-bond acceptors (Lipinski definition) is 0. The standard InChI is InChI=1S/C53H21B13/c54-44-39(45(55)46(56)40-41-43(48(58)50(60)49(59)47(41)57)51(42(40)44,52(61,62)63)53(64,65)66)30-20-28(31-15-11-26-9-7-22-3-1-5-24-13-17-33(31)37(26)35(22)24)19-29(21-30)32-16-12-27-10-8-23-4-2-6-25-14-18-34(32)38(27)36(23)25/h1-21H. The van der Waals surface area contributed by atoms with Crippen molar-refractivity contribution in [1.82, 2.24) is 0 Å². The van der Waals surface area contributed by atoms with Gasteiger partial charge in [0.15, 0.2) is 0 Å². The second-order valence-corrected chi connectivity index (χ2v) is 18.1. The molecule has 1 aliphatic carbocycles. The van der Waals surface area contributed by atoms with E-state index in [1.165, 1.54) is 10.8 Å². The molecular formula is C53H21B13. The van der Waals surface area contributed by atoms with E-state index in [1.54, 1.807) is 0 Å². The van der Waals surface area contributed by atoms with Crippen molar-refractivity contribution in [2.24, 2.45) is 0 Å². The second-order valence-electron chi connectivity index (χ2n) is 18.1. The van der Waals surface area contributed by atoms with E-state index in [0.717, 1.165) is 76.1 Å². The molecular weight excluding hydrogens is 777 g/mol. The molecule has 11 aromatic carbocycles. The van der Waals surface area contributed by atoms with Gasteiger partial charge in [-0.2, -0.15) is 0 Å². The smallest absolute Gasteiger partial charge is 0.115 e. The molecule has 0 fully saturated rings. The molecule has 0 bridgehead atoms. The van der Waals surface area contributed by atoms with Crippen LogP contribution in [0.4, 0.5) is 0 Å². The Balaban J connectivity index is 1.22. The summed E-state index contributed by atoms with van der Waals surface area (Å²) >= 11 is 0. The van der Waals surface area contributed by atoms with Crippen molar-refractivity contribution in [1.29, 1.82) is 0 Å². The second kappa shape index (κ2) is 13.9. The lowest BCUT2D eigenvalue weighted by atomic mass is 9.17. The number of fused-ring (bicyclic) bond motifs is 3. The largest absolute Gasteiger partial charge is 0.119 e. The Morgan fingerprint density at radius 3 is 1.08 bits per heavy atom. The first-order valence-electron chi connectivity index (χ1n) is 21.4. The van der Waals surface area contributed by atoms with Crippen LogP contribution in [0.5, 0.6) is 0 Å². The van der Waals surface area contributed by atoms with Crippen molar-refractivity contribution in [3.63, 3.8) is 0 Å². The molecule has 0 atom stereocenters. The van der Waals surface area contributed by atoms with E-state index in [9.17, 15) is 0 Å². The van der Waals surface area contributed by atoms with Crippen LogP contribution in [0.2, 0.25) is 10.2 Å². The molecule has 0 saturated heterocycles. The van der Waals surface area contributed by atoms with Gasteiger partial charge in [0, 0.05) is 0 Å². The molecule has 0 nitrogen and oxygen atoms in total. The Labute approximate surface area is 401 Å². The zero-order chi connectivity index (χ0) is 46.1. The topological polar surface area (TPSA) is 0 Å². The maximum atomic E-state index is 7.50. The predicted molar refractivity (Wildman–Crippen MR) is 294 cm³/mol. The molecule has 0 spiro atoms. The van der Waals surface area contributed by atoms with Gasteiger partial charge >= 0.3 is 0 Å². The van der Waals surface area contributed by atoms with Crippen molar-refractivity contribution in [3.05, 3.63) is 139 Å². The van der Waals surface area contributed by atoms with E-state index < -0.39 is 15.6 Å². The van der Waals surface area contributed by atoms with Gasteiger partial charge in [0.2, 0.25) is 0 Å². The molecule has 13 heteroatoms. The Hall–Kier alpha value is -5.66. The van der Waals surface area contributed by atoms with Gasteiger partial charge in [-0.3, -0.25) is 0 Å². The number of benzene rings is 11. The van der Waals surface area contributed by atoms with E-state index in [0.29, 0.717) is 11.1 Å². The van der Waals surface area contributed by atoms with Crippen LogP contribution in [0, 0.1) is 0 Å². The molecule has 0 saturated carbocycles. The van der Waals surface area contributed by atoms with Gasteiger partial charge in [-0.25, -0.2) is 0 Å². The minimum Gasteiger partial charge on any atom is -0.119 e. The molecule has 26 radical (unpaired) electrons. The first kappa shape index (κ1) is 41.8. The summed E-state index contributed by atoms with van der Waals surface area (Å²) < 4.78 is 0. The van der Waals surface area contributed by atoms with E-state index >= 15 is 0 Å². The van der Waals surface area contributed by atoms with Gasteiger partial charge < -0.3 is 0 Å². The lowest BCUT2D eigenvalue weighted by molar-refractivity contribution is 0.540. The highest BCUT2D eigenvalue weighted by Crippen LogP contribution is 2.63. The van der Waals surface area contributed by atoms with E-state index in [-0.39, 0.29) is 60.5 Å². The molecule has 0 aromatic heterocycles. The van der Waals surface area contributed by atoms with E-state index in [1.807, 2.05) is 12.1 Å². The Morgan fingerprint density at radius 2 is 0.636 bits per heavy atom. The maximum Gasteiger partial charge on any atom is 0.115 e. The van der Waals surface area contributed by atoms with Crippen LogP contribution in [0.25, 0.3) is 109 Å². The normalized spacial score (nSPS) is 13.8. The Bertz CT molecular complexity index is 3720. The molecule has 0 amide bonds. The zero-order valence-electron chi connectivity index (χ0n) is 35.6. The fraction of sp³-hybridized carbons (Fsp3) is 0.0566. The molecule has 0 N–H and O–H groups in total. The molecule has 272 valence electrons. The lowest BCUT2D eigenvalue weighted by Gasteiger charge is -2.57. The van der Waals surface area contributed by atoms with E-state index in [4.69, 9.17) is 102 Å². The minimum absolute atomic E-state index is 0.0149. The van der Waals surface area contributed by atoms with Crippen LogP contribution in [0.1, 0.15) is 11.1 Å². The van der Waals surface area contributed by atoms with Crippen molar-refractivity contribution >= 4 is 205 Å². The summed E-state index contributed by atoms with van der Waals surface area (Å²) in [4.78, 5) is 0. The Morgan fingerprint density at radius 1 is 0.303 bits per heavy atom. The van der Waals surface area contributed by atoms with Gasteiger partial charge in [0.05, 0.1) is 47.1 Å². The molecule has 12 rings (SSSR count). The van der Waals surface area contributed by atoms with Crippen molar-refractivity contribution in [3.8, 4) is 44.5 Å². The predicted octanol–water partition coefficient (Wildman–Crippen LogP) is 3.46. The fourth-order valence-electron chi connectivity index (χ4n) is 11.7. The third-order valence-corrected chi connectivity index (χ3v) is 14.5. The van der Waals surface area contributed by atoms with Crippen LogP contribution in [0.15, 0.2) is 127 Å². The van der Waals surface area contributed by atoms with Gasteiger partial charge in [-0.1, -0.05) is 137 Å². The number of hydrogen-bond donors (Lipinski definition) is 0. The summed E-state index contributed by atoms with van der Waals surface area (Å²) in [5, 5.41) is 8.94. The molecule has 0 unspecified atom stereocenters. The summed E-state index contributed by atoms with van der Waals surface area (Å²) in [6, 6.07) is 45.0. The third kappa shape index (κ3) is 5.30. The fourth-order valence-corrected chi connectivity index (χ4v) is 11.7. The summed E-state index contributed by atoms with van der Waals surface area (Å²) in [6.07, 6.45) is 0. The lowest BCUT2D eigenvalue weighted by Crippen LogP contribution is -2.59. The Kier molecular flexibility index (Phi) is 8.82. The molecule has 0 aliphatic heterocycles. The highest BCUT2D eigenvalue weighted by atomic mass is 14.5. The SMILES string of the molecule is [B]c1c([B])c([B])c2c(c1[B])-c1c([B])c([B])c(-c3cc(-c4ccc5ccc6cccc7ccc4c5c67)cc(-c4ccc5ccc6cccc7ccc4c5c67)c3)c([B])c1C2(C([B])([B])[B])C([B])([B])[B]. The van der Waals surface area contributed by atoms with Crippen LogP contribution >= 0.6 is 0 Å². The van der Waals surface area contributed by atoms with Gasteiger partial charge in [0.25, 0.3) is 0 Å². The van der Waals surface area contributed by atoms with Gasteiger partial charge in [-0.15, -0.1) is 21.2 Å². The van der Waals surface area contributed by atoms with Crippen LogP contribution in [-0.4, -0.2) is 102 Å². The average Bonchev–Trinajstić information content (AvgIpc) is 3.65. The third-order valence-electron chi connectivity index (χ3n) is 14.5. The van der Waals surface area contributed by atoms with Crippen molar-refractivity contribution in [2.45, 2.75) is 15.6 Å².